The molecule has 2 atom stereocenters. The number of carbonyl (C=O) groups excluding carboxylic acids is 2. The Kier molecular flexibility index (Phi) is 9.63. The lowest BCUT2D eigenvalue weighted by Crippen LogP contribution is -2.35. The number of aliphatic hydroxyl groups excluding tert-OH is 2. The summed E-state index contributed by atoms with van der Waals surface area (Å²) in [7, 11) is 0. The number of nitrogen functional groups attached to an aromatic ring is 1. The number of nitrogens with zero attached hydrogens (tertiary/aromatic N) is 3. The van der Waals surface area contributed by atoms with Crippen LogP contribution in [0, 0.1) is 0 Å². The van der Waals surface area contributed by atoms with Gasteiger partial charge in [-0.15, -0.1) is 10.2 Å². The van der Waals surface area contributed by atoms with Crippen LogP contribution >= 0.6 is 0 Å². The molecule has 0 spiro atoms. The fraction of sp³-hybridized carbons (Fsp3) is 0.350. The van der Waals surface area contributed by atoms with Crippen LogP contribution in [0.3, 0.4) is 0 Å². The summed E-state index contributed by atoms with van der Waals surface area (Å²) < 4.78 is 5.02. The SMILES string of the molecule is NCCCC[C@H](N)C(=O)Nc1ccc(/N=N/c2ccccc2OC(=O)[C@@H](O)CO)c(N)n1. The van der Waals surface area contributed by atoms with Gasteiger partial charge in [0.15, 0.2) is 17.7 Å². The lowest BCUT2D eigenvalue weighted by Gasteiger charge is -2.12. The van der Waals surface area contributed by atoms with Crippen molar-refractivity contribution in [3.05, 3.63) is 36.4 Å². The molecule has 2 aromatic rings. The van der Waals surface area contributed by atoms with Gasteiger partial charge in [-0.3, -0.25) is 4.79 Å². The molecule has 0 aliphatic heterocycles. The Morgan fingerprint density at radius 2 is 1.84 bits per heavy atom. The molecule has 1 amide bonds. The van der Waals surface area contributed by atoms with Crippen LogP contribution < -0.4 is 27.3 Å². The summed E-state index contributed by atoms with van der Waals surface area (Å²) in [4.78, 5) is 27.9. The molecule has 1 aromatic carbocycles. The Morgan fingerprint density at radius 3 is 2.53 bits per heavy atom. The maximum absolute atomic E-state index is 12.1. The molecule has 0 aliphatic carbocycles. The molecular weight excluding hydrogens is 418 g/mol. The molecule has 9 N–H and O–H groups in total. The van der Waals surface area contributed by atoms with Crippen LogP contribution in [0.5, 0.6) is 5.75 Å². The summed E-state index contributed by atoms with van der Waals surface area (Å²) in [5.41, 5.74) is 17.6. The van der Waals surface area contributed by atoms with Crippen LogP contribution in [0.15, 0.2) is 46.6 Å². The molecule has 32 heavy (non-hydrogen) atoms. The molecule has 0 saturated carbocycles. The Labute approximate surface area is 184 Å². The van der Waals surface area contributed by atoms with Crippen LogP contribution in [0.4, 0.5) is 23.0 Å². The number of aromatic nitrogens is 1. The van der Waals surface area contributed by atoms with Crippen molar-refractivity contribution in [2.24, 2.45) is 21.7 Å². The fourth-order valence-corrected chi connectivity index (χ4v) is 2.47. The standard InChI is InChI=1S/C20H27N7O5/c21-10-4-3-5-12(22)19(30)25-17-9-8-14(18(23)24-17)27-26-13-6-1-2-7-16(13)32-20(31)15(29)11-28/h1-2,6-9,12,15,28-29H,3-5,10-11,21-22H2,(H3,23,24,25,30)/b27-26+/t12-,15-/m0/s1. The van der Waals surface area contributed by atoms with Crippen LogP contribution in [0.25, 0.3) is 0 Å². The monoisotopic (exact) mass is 445 g/mol. The molecule has 1 aromatic heterocycles. The second kappa shape index (κ2) is 12.4. The van der Waals surface area contributed by atoms with Gasteiger partial charge in [0.05, 0.1) is 12.6 Å². The lowest BCUT2D eigenvalue weighted by molar-refractivity contribution is -0.145. The van der Waals surface area contributed by atoms with E-state index in [9.17, 15) is 14.7 Å². The zero-order valence-electron chi connectivity index (χ0n) is 17.3. The maximum atomic E-state index is 12.1. The minimum Gasteiger partial charge on any atom is -0.422 e. The first-order valence-electron chi connectivity index (χ1n) is 9.90. The van der Waals surface area contributed by atoms with E-state index in [0.29, 0.717) is 13.0 Å². The van der Waals surface area contributed by atoms with E-state index in [1.165, 1.54) is 24.3 Å². The number of ether oxygens (including phenoxy) is 1. The van der Waals surface area contributed by atoms with E-state index in [2.05, 4.69) is 20.5 Å². The topological polar surface area (TPSA) is 212 Å². The van der Waals surface area contributed by atoms with Crippen molar-refractivity contribution < 1.29 is 24.5 Å². The van der Waals surface area contributed by atoms with Crippen LogP contribution in [-0.2, 0) is 9.59 Å². The second-order valence-electron chi connectivity index (χ2n) is 6.77. The Balaban J connectivity index is 2.07. The summed E-state index contributed by atoms with van der Waals surface area (Å²) >= 11 is 0. The average Bonchev–Trinajstić information content (AvgIpc) is 2.78. The molecule has 0 radical (unpaired) electrons. The third kappa shape index (κ3) is 7.35. The maximum Gasteiger partial charge on any atom is 0.342 e. The minimum atomic E-state index is -1.67. The molecule has 12 heteroatoms. The number of esters is 1. The van der Waals surface area contributed by atoms with Gasteiger partial charge in [-0.25, -0.2) is 9.78 Å². The number of hydrogen-bond donors (Lipinski definition) is 6. The van der Waals surface area contributed by atoms with Crippen molar-refractivity contribution in [1.29, 1.82) is 0 Å². The zero-order valence-corrected chi connectivity index (χ0v) is 17.3. The highest BCUT2D eigenvalue weighted by Gasteiger charge is 2.18. The van der Waals surface area contributed by atoms with E-state index < -0.39 is 24.7 Å². The average molecular weight is 445 g/mol. The summed E-state index contributed by atoms with van der Waals surface area (Å²) in [5.74, 6) is -1.16. The van der Waals surface area contributed by atoms with E-state index in [1.54, 1.807) is 12.1 Å². The van der Waals surface area contributed by atoms with Crippen LogP contribution in [-0.4, -0.2) is 52.4 Å². The third-order valence-electron chi connectivity index (χ3n) is 4.25. The van der Waals surface area contributed by atoms with E-state index in [1.807, 2.05) is 0 Å². The molecular formula is C20H27N7O5. The number of amides is 1. The van der Waals surface area contributed by atoms with Crippen molar-refractivity contribution >= 4 is 34.9 Å². The highest BCUT2D eigenvalue weighted by molar-refractivity contribution is 5.94. The molecule has 0 bridgehead atoms. The van der Waals surface area contributed by atoms with Crippen molar-refractivity contribution in [2.45, 2.75) is 31.4 Å². The van der Waals surface area contributed by atoms with Gasteiger partial charge in [0, 0.05) is 0 Å². The molecule has 0 unspecified atom stereocenters. The van der Waals surface area contributed by atoms with Crippen molar-refractivity contribution in [1.82, 2.24) is 4.98 Å². The highest BCUT2D eigenvalue weighted by Crippen LogP contribution is 2.30. The number of nitrogens with one attached hydrogen (secondary N) is 1. The van der Waals surface area contributed by atoms with Gasteiger partial charge in [-0.05, 0) is 43.7 Å². The van der Waals surface area contributed by atoms with Gasteiger partial charge >= 0.3 is 5.97 Å². The Morgan fingerprint density at radius 1 is 1.12 bits per heavy atom. The van der Waals surface area contributed by atoms with Gasteiger partial charge in [0.1, 0.15) is 17.2 Å². The first-order chi connectivity index (χ1) is 15.3. The fourth-order valence-electron chi connectivity index (χ4n) is 2.47. The number of azo groups is 1. The smallest absolute Gasteiger partial charge is 0.342 e. The van der Waals surface area contributed by atoms with E-state index in [-0.39, 0.29) is 34.7 Å². The lowest BCUT2D eigenvalue weighted by atomic mass is 10.1. The number of hydrogen-bond acceptors (Lipinski definition) is 11. The van der Waals surface area contributed by atoms with Gasteiger partial charge in [-0.2, -0.15) is 0 Å². The zero-order chi connectivity index (χ0) is 23.5. The van der Waals surface area contributed by atoms with Crippen molar-refractivity contribution in [3.63, 3.8) is 0 Å². The predicted molar refractivity (Wildman–Crippen MR) is 118 cm³/mol. The van der Waals surface area contributed by atoms with Gasteiger partial charge < -0.3 is 37.5 Å². The number of pyridine rings is 1. The molecule has 0 fully saturated rings. The van der Waals surface area contributed by atoms with Gasteiger partial charge in [-0.1, -0.05) is 18.6 Å². The molecule has 12 nitrogen and oxygen atoms in total. The third-order valence-corrected chi connectivity index (χ3v) is 4.25. The van der Waals surface area contributed by atoms with Crippen molar-refractivity contribution in [3.8, 4) is 5.75 Å². The molecule has 1 heterocycles. The normalized spacial score (nSPS) is 13.0. The number of anilines is 2. The minimum absolute atomic E-state index is 0.00781. The predicted octanol–water partition coefficient (Wildman–Crippen LogP) is 0.733. The number of aliphatic hydroxyl groups is 2. The molecule has 0 saturated heterocycles. The number of rotatable bonds is 11. The first-order valence-corrected chi connectivity index (χ1v) is 9.90. The highest BCUT2D eigenvalue weighted by atomic mass is 16.6. The van der Waals surface area contributed by atoms with Crippen LogP contribution in [0.1, 0.15) is 19.3 Å². The Bertz CT molecular complexity index is 954. The van der Waals surface area contributed by atoms with Gasteiger partial charge in [0.2, 0.25) is 5.91 Å². The van der Waals surface area contributed by atoms with Crippen molar-refractivity contribution in [2.75, 3.05) is 24.2 Å². The summed E-state index contributed by atoms with van der Waals surface area (Å²) in [5, 5.41) is 28.8. The van der Waals surface area contributed by atoms with Crippen LogP contribution in [0.2, 0.25) is 0 Å². The van der Waals surface area contributed by atoms with E-state index >= 15 is 0 Å². The largest absolute Gasteiger partial charge is 0.422 e. The van der Waals surface area contributed by atoms with E-state index in [0.717, 1.165) is 12.8 Å². The Hall–Kier alpha value is -3.45. The summed E-state index contributed by atoms with van der Waals surface area (Å²) in [6.07, 6.45) is 0.368. The number of benzene rings is 1. The number of unbranched alkanes of at least 4 members (excludes halogenated alkanes) is 1. The number of para-hydroxylation sites is 1. The molecule has 0 aliphatic rings. The summed E-state index contributed by atoms with van der Waals surface area (Å²) in [6.45, 7) is -0.230. The summed E-state index contributed by atoms with van der Waals surface area (Å²) in [6, 6.07) is 8.54. The molecule has 2 rings (SSSR count). The first kappa shape index (κ1) is 24.8. The van der Waals surface area contributed by atoms with Gasteiger partial charge in [0.25, 0.3) is 0 Å². The van der Waals surface area contributed by atoms with E-state index in [4.69, 9.17) is 27.0 Å². The second-order valence-corrected chi connectivity index (χ2v) is 6.77. The number of carbonyl (C=O) groups is 2. The number of nitrogens with two attached hydrogens (primary N) is 3. The quantitative estimate of drug-likeness (QED) is 0.124. The molecule has 172 valence electrons.